The van der Waals surface area contributed by atoms with Crippen LogP contribution in [0.4, 0.5) is 0 Å². The highest BCUT2D eigenvalue weighted by molar-refractivity contribution is 5.81. The molecule has 116 valence electrons. The standard InChI is InChI=1S/C17H25NO3/c1-3-16(19)14-7-9-15(10-8-14)21-13(2)17(20)18-11-5-4-6-12-18/h7-10,13,16,19H,3-6,11-12H2,1-2H3/t13?,16-/m0/s1. The summed E-state index contributed by atoms with van der Waals surface area (Å²) in [5, 5.41) is 9.76. The van der Waals surface area contributed by atoms with E-state index < -0.39 is 12.2 Å². The van der Waals surface area contributed by atoms with E-state index in [4.69, 9.17) is 4.74 Å². The van der Waals surface area contributed by atoms with Crippen LogP contribution in [0.15, 0.2) is 24.3 Å². The highest BCUT2D eigenvalue weighted by Crippen LogP contribution is 2.21. The predicted octanol–water partition coefficient (Wildman–Crippen LogP) is 2.91. The van der Waals surface area contributed by atoms with Gasteiger partial charge in [0.2, 0.25) is 0 Å². The molecule has 0 bridgehead atoms. The fraction of sp³-hybridized carbons (Fsp3) is 0.588. The molecule has 21 heavy (non-hydrogen) atoms. The maximum absolute atomic E-state index is 12.3. The largest absolute Gasteiger partial charge is 0.481 e. The molecule has 1 aromatic rings. The number of carbonyl (C=O) groups is 1. The third-order valence-corrected chi connectivity index (χ3v) is 3.98. The summed E-state index contributed by atoms with van der Waals surface area (Å²) >= 11 is 0. The van der Waals surface area contributed by atoms with Crippen molar-refractivity contribution < 1.29 is 14.6 Å². The van der Waals surface area contributed by atoms with Gasteiger partial charge in [-0.15, -0.1) is 0 Å². The molecule has 0 aromatic heterocycles. The van der Waals surface area contributed by atoms with Crippen LogP contribution in [-0.4, -0.2) is 35.1 Å². The Morgan fingerprint density at radius 3 is 2.43 bits per heavy atom. The molecule has 2 atom stereocenters. The second kappa shape index (κ2) is 7.46. The summed E-state index contributed by atoms with van der Waals surface area (Å²) in [6.07, 6.45) is 3.16. The van der Waals surface area contributed by atoms with Crippen LogP contribution in [-0.2, 0) is 4.79 Å². The van der Waals surface area contributed by atoms with Gasteiger partial charge in [-0.25, -0.2) is 0 Å². The highest BCUT2D eigenvalue weighted by atomic mass is 16.5. The SMILES string of the molecule is CC[C@H](O)c1ccc(OC(C)C(=O)N2CCCCC2)cc1. The summed E-state index contributed by atoms with van der Waals surface area (Å²) in [4.78, 5) is 14.2. The summed E-state index contributed by atoms with van der Waals surface area (Å²) in [5.41, 5.74) is 0.875. The molecule has 1 aliphatic rings. The lowest BCUT2D eigenvalue weighted by molar-refractivity contribution is -0.138. The Morgan fingerprint density at radius 2 is 1.86 bits per heavy atom. The molecule has 1 amide bonds. The molecule has 4 heteroatoms. The quantitative estimate of drug-likeness (QED) is 0.907. The Hall–Kier alpha value is -1.55. The second-order valence-electron chi connectivity index (χ2n) is 5.64. The lowest BCUT2D eigenvalue weighted by Crippen LogP contribution is -2.43. The zero-order valence-electron chi connectivity index (χ0n) is 12.9. The fourth-order valence-electron chi connectivity index (χ4n) is 2.63. The van der Waals surface area contributed by atoms with E-state index >= 15 is 0 Å². The lowest BCUT2D eigenvalue weighted by Gasteiger charge is -2.29. The zero-order valence-corrected chi connectivity index (χ0v) is 12.9. The molecule has 1 saturated heterocycles. The van der Waals surface area contributed by atoms with Crippen molar-refractivity contribution >= 4 is 5.91 Å². The number of amides is 1. The van der Waals surface area contributed by atoms with Crippen LogP contribution in [0.5, 0.6) is 5.75 Å². The van der Waals surface area contributed by atoms with E-state index in [0.717, 1.165) is 31.5 Å². The number of nitrogens with zero attached hydrogens (tertiary/aromatic N) is 1. The van der Waals surface area contributed by atoms with Gasteiger partial charge >= 0.3 is 0 Å². The van der Waals surface area contributed by atoms with E-state index in [9.17, 15) is 9.90 Å². The summed E-state index contributed by atoms with van der Waals surface area (Å²) in [6.45, 7) is 5.42. The number of benzene rings is 1. The number of hydrogen-bond donors (Lipinski definition) is 1. The first-order chi connectivity index (χ1) is 10.1. The molecular formula is C17H25NO3. The second-order valence-corrected chi connectivity index (χ2v) is 5.64. The molecule has 0 radical (unpaired) electrons. The molecular weight excluding hydrogens is 266 g/mol. The minimum absolute atomic E-state index is 0.0624. The van der Waals surface area contributed by atoms with Crippen LogP contribution in [0.1, 0.15) is 51.2 Å². The Bertz CT molecular complexity index is 452. The zero-order chi connectivity index (χ0) is 15.2. The minimum atomic E-state index is -0.468. The van der Waals surface area contributed by atoms with Gasteiger partial charge in [0.25, 0.3) is 5.91 Å². The van der Waals surface area contributed by atoms with Crippen molar-refractivity contribution in [3.8, 4) is 5.75 Å². The first kappa shape index (κ1) is 15.8. The maximum atomic E-state index is 12.3. The van der Waals surface area contributed by atoms with Crippen molar-refractivity contribution in [2.24, 2.45) is 0 Å². The third-order valence-electron chi connectivity index (χ3n) is 3.98. The van der Waals surface area contributed by atoms with Crippen LogP contribution < -0.4 is 4.74 Å². The van der Waals surface area contributed by atoms with Crippen molar-refractivity contribution in [1.29, 1.82) is 0 Å². The summed E-state index contributed by atoms with van der Waals surface area (Å²) in [6, 6.07) is 7.32. The Labute approximate surface area is 126 Å². The van der Waals surface area contributed by atoms with Gasteiger partial charge in [-0.2, -0.15) is 0 Å². The number of hydrogen-bond acceptors (Lipinski definition) is 3. The Kier molecular flexibility index (Phi) is 5.62. The fourth-order valence-corrected chi connectivity index (χ4v) is 2.63. The van der Waals surface area contributed by atoms with E-state index in [1.54, 1.807) is 6.92 Å². The van der Waals surface area contributed by atoms with Gasteiger partial charge < -0.3 is 14.7 Å². The lowest BCUT2D eigenvalue weighted by atomic mass is 10.1. The Morgan fingerprint density at radius 1 is 1.24 bits per heavy atom. The van der Waals surface area contributed by atoms with Crippen molar-refractivity contribution in [2.45, 2.75) is 51.7 Å². The van der Waals surface area contributed by atoms with Crippen molar-refractivity contribution in [3.63, 3.8) is 0 Å². The minimum Gasteiger partial charge on any atom is -0.481 e. The van der Waals surface area contributed by atoms with Crippen LogP contribution in [0.2, 0.25) is 0 Å². The molecule has 4 nitrogen and oxygen atoms in total. The summed E-state index contributed by atoms with van der Waals surface area (Å²) in [5.74, 6) is 0.729. The average Bonchev–Trinajstić information content (AvgIpc) is 2.55. The maximum Gasteiger partial charge on any atom is 0.263 e. The van der Waals surface area contributed by atoms with E-state index in [-0.39, 0.29) is 5.91 Å². The van der Waals surface area contributed by atoms with E-state index in [0.29, 0.717) is 12.2 Å². The number of likely N-dealkylation sites (tertiary alicyclic amines) is 1. The molecule has 1 aliphatic heterocycles. The molecule has 0 aliphatic carbocycles. The molecule has 0 spiro atoms. The van der Waals surface area contributed by atoms with Gasteiger partial charge in [0.05, 0.1) is 6.10 Å². The van der Waals surface area contributed by atoms with E-state index in [2.05, 4.69) is 0 Å². The average molecular weight is 291 g/mol. The number of piperidine rings is 1. The number of aliphatic hydroxyl groups excluding tert-OH is 1. The van der Waals surface area contributed by atoms with Crippen molar-refractivity contribution in [2.75, 3.05) is 13.1 Å². The predicted molar refractivity (Wildman–Crippen MR) is 82.2 cm³/mol. The summed E-state index contributed by atoms with van der Waals surface area (Å²) < 4.78 is 5.72. The van der Waals surface area contributed by atoms with Crippen LogP contribution in [0.25, 0.3) is 0 Å². The molecule has 1 heterocycles. The van der Waals surface area contributed by atoms with Crippen molar-refractivity contribution in [3.05, 3.63) is 29.8 Å². The van der Waals surface area contributed by atoms with Gasteiger partial charge in [0.15, 0.2) is 6.10 Å². The number of ether oxygens (including phenoxy) is 1. The smallest absolute Gasteiger partial charge is 0.263 e. The van der Waals surface area contributed by atoms with Gasteiger partial charge in [0, 0.05) is 13.1 Å². The Balaban J connectivity index is 1.92. The molecule has 1 fully saturated rings. The molecule has 0 saturated carbocycles. The van der Waals surface area contributed by atoms with Gasteiger partial charge in [0.1, 0.15) is 5.75 Å². The number of aliphatic hydroxyl groups is 1. The normalized spacial score (nSPS) is 18.1. The molecule has 1 N–H and O–H groups in total. The van der Waals surface area contributed by atoms with E-state index in [1.165, 1.54) is 6.42 Å². The molecule has 1 aromatic carbocycles. The van der Waals surface area contributed by atoms with Crippen LogP contribution in [0.3, 0.4) is 0 Å². The first-order valence-corrected chi connectivity index (χ1v) is 7.85. The van der Waals surface area contributed by atoms with E-state index in [1.807, 2.05) is 36.1 Å². The monoisotopic (exact) mass is 291 g/mol. The summed E-state index contributed by atoms with van der Waals surface area (Å²) in [7, 11) is 0. The third kappa shape index (κ3) is 4.21. The van der Waals surface area contributed by atoms with Crippen LogP contribution >= 0.6 is 0 Å². The first-order valence-electron chi connectivity index (χ1n) is 7.85. The topological polar surface area (TPSA) is 49.8 Å². The highest BCUT2D eigenvalue weighted by Gasteiger charge is 2.23. The van der Waals surface area contributed by atoms with Crippen LogP contribution in [0, 0.1) is 0 Å². The van der Waals surface area contributed by atoms with Gasteiger partial charge in [-0.1, -0.05) is 19.1 Å². The molecule has 2 rings (SSSR count). The number of rotatable bonds is 5. The molecule has 1 unspecified atom stereocenters. The van der Waals surface area contributed by atoms with Gasteiger partial charge in [-0.05, 0) is 50.3 Å². The number of carbonyl (C=O) groups excluding carboxylic acids is 1. The van der Waals surface area contributed by atoms with Crippen molar-refractivity contribution in [1.82, 2.24) is 4.90 Å². The van der Waals surface area contributed by atoms with Gasteiger partial charge in [-0.3, -0.25) is 4.79 Å².